The van der Waals surface area contributed by atoms with Gasteiger partial charge in [-0.2, -0.15) is 0 Å². The monoisotopic (exact) mass is 432 g/mol. The quantitative estimate of drug-likeness (QED) is 0.520. The highest BCUT2D eigenvalue weighted by Gasteiger charge is 2.62. The summed E-state index contributed by atoms with van der Waals surface area (Å²) in [5.41, 5.74) is 3.19. The van der Waals surface area contributed by atoms with Crippen LogP contribution in [0.3, 0.4) is 0 Å². The molecule has 5 heteroatoms. The molecule has 0 spiro atoms. The Morgan fingerprint density at radius 1 is 0.531 bits per heavy atom. The standard InChI is InChI=1S/C27H28O5/c28-22-23(29-16-19-10-4-1-5-11-19)25(30-17-20-12-6-2-7-13-20)26(27-24(22)32-27)31-18-21-14-8-3-9-15-21/h1-15,22-28H,16-18H2/t22-,23-,24-,25+,26-,27+/m1/s1. The Bertz CT molecular complexity index is 965. The van der Waals surface area contributed by atoms with Gasteiger partial charge in [-0.05, 0) is 16.7 Å². The van der Waals surface area contributed by atoms with Crippen LogP contribution in [0.4, 0.5) is 0 Å². The Balaban J connectivity index is 1.33. The SMILES string of the molecule is O[C@@H]1[C@@H](OCc2ccccc2)[C@H](OCc2ccccc2)[C@@H](OCc2ccccc2)[C@H]2O[C@H]12. The minimum Gasteiger partial charge on any atom is -0.387 e. The van der Waals surface area contributed by atoms with Crippen molar-refractivity contribution in [1.29, 1.82) is 0 Å². The van der Waals surface area contributed by atoms with E-state index < -0.39 is 18.3 Å². The Labute approximate surface area is 188 Å². The first-order chi connectivity index (χ1) is 15.8. The summed E-state index contributed by atoms with van der Waals surface area (Å²) in [5.74, 6) is 0. The van der Waals surface area contributed by atoms with E-state index in [1.165, 1.54) is 0 Å². The molecule has 1 heterocycles. The van der Waals surface area contributed by atoms with Crippen LogP contribution in [0.15, 0.2) is 91.0 Å². The molecule has 1 saturated heterocycles. The van der Waals surface area contributed by atoms with Gasteiger partial charge in [0.25, 0.3) is 0 Å². The molecule has 3 aromatic rings. The Morgan fingerprint density at radius 3 is 1.41 bits per heavy atom. The molecule has 2 aliphatic rings. The topological polar surface area (TPSA) is 60.5 Å². The zero-order valence-corrected chi connectivity index (χ0v) is 17.8. The number of ether oxygens (including phenoxy) is 4. The molecule has 1 N–H and O–H groups in total. The molecule has 1 saturated carbocycles. The lowest BCUT2D eigenvalue weighted by Gasteiger charge is -2.38. The number of aliphatic hydroxyl groups excluding tert-OH is 1. The van der Waals surface area contributed by atoms with Crippen molar-refractivity contribution in [2.75, 3.05) is 0 Å². The molecule has 1 aliphatic carbocycles. The first-order valence-corrected chi connectivity index (χ1v) is 11.1. The van der Waals surface area contributed by atoms with Crippen molar-refractivity contribution in [3.8, 4) is 0 Å². The maximum absolute atomic E-state index is 10.9. The lowest BCUT2D eigenvalue weighted by atomic mass is 9.89. The fraction of sp³-hybridized carbons (Fsp3) is 0.333. The van der Waals surface area contributed by atoms with Crippen LogP contribution in [-0.2, 0) is 38.8 Å². The van der Waals surface area contributed by atoms with Crippen LogP contribution in [0.5, 0.6) is 0 Å². The zero-order chi connectivity index (χ0) is 21.8. The van der Waals surface area contributed by atoms with Crippen molar-refractivity contribution < 1.29 is 24.1 Å². The van der Waals surface area contributed by atoms with Crippen LogP contribution in [0.25, 0.3) is 0 Å². The third-order valence-corrected chi connectivity index (χ3v) is 6.06. The molecule has 32 heavy (non-hydrogen) atoms. The molecular formula is C27H28O5. The summed E-state index contributed by atoms with van der Waals surface area (Å²) in [6.45, 7) is 1.24. The minimum absolute atomic E-state index is 0.189. The number of rotatable bonds is 9. The van der Waals surface area contributed by atoms with Gasteiger partial charge in [0.1, 0.15) is 36.6 Å². The van der Waals surface area contributed by atoms with E-state index in [1.807, 2.05) is 91.0 Å². The van der Waals surface area contributed by atoms with Crippen LogP contribution in [-0.4, -0.2) is 41.7 Å². The number of fused-ring (bicyclic) bond motifs is 1. The third-order valence-electron chi connectivity index (χ3n) is 6.06. The normalized spacial score (nSPS) is 28.8. The fourth-order valence-electron chi connectivity index (χ4n) is 4.30. The first-order valence-electron chi connectivity index (χ1n) is 11.1. The van der Waals surface area contributed by atoms with Gasteiger partial charge in [0, 0.05) is 0 Å². The highest BCUT2D eigenvalue weighted by molar-refractivity contribution is 5.17. The second-order valence-corrected chi connectivity index (χ2v) is 8.34. The van der Waals surface area contributed by atoms with Crippen LogP contribution >= 0.6 is 0 Å². The zero-order valence-electron chi connectivity index (χ0n) is 17.8. The van der Waals surface area contributed by atoms with E-state index in [0.29, 0.717) is 19.8 Å². The van der Waals surface area contributed by atoms with Gasteiger partial charge in [-0.15, -0.1) is 0 Å². The van der Waals surface area contributed by atoms with E-state index in [0.717, 1.165) is 16.7 Å². The second kappa shape index (κ2) is 9.94. The van der Waals surface area contributed by atoms with Gasteiger partial charge in [-0.1, -0.05) is 91.0 Å². The molecule has 0 aromatic heterocycles. The molecule has 3 aromatic carbocycles. The van der Waals surface area contributed by atoms with Gasteiger partial charge < -0.3 is 24.1 Å². The van der Waals surface area contributed by atoms with Crippen molar-refractivity contribution in [3.63, 3.8) is 0 Å². The lowest BCUT2D eigenvalue weighted by Crippen LogP contribution is -2.56. The van der Waals surface area contributed by atoms with Crippen molar-refractivity contribution >= 4 is 0 Å². The fourth-order valence-corrected chi connectivity index (χ4v) is 4.30. The average molecular weight is 433 g/mol. The van der Waals surface area contributed by atoms with Crippen LogP contribution in [0.2, 0.25) is 0 Å². The molecule has 1 aliphatic heterocycles. The predicted octanol–water partition coefficient (Wildman–Crippen LogP) is 3.88. The molecule has 0 radical (unpaired) electrons. The van der Waals surface area contributed by atoms with Crippen molar-refractivity contribution in [2.24, 2.45) is 0 Å². The maximum Gasteiger partial charge on any atom is 0.116 e. The first kappa shape index (κ1) is 21.3. The average Bonchev–Trinajstić information content (AvgIpc) is 3.65. The molecule has 5 rings (SSSR count). The number of hydrogen-bond acceptors (Lipinski definition) is 5. The van der Waals surface area contributed by atoms with E-state index in [9.17, 15) is 5.11 Å². The van der Waals surface area contributed by atoms with Crippen LogP contribution in [0.1, 0.15) is 16.7 Å². The molecule has 0 unspecified atom stereocenters. The highest BCUT2D eigenvalue weighted by atomic mass is 16.7. The van der Waals surface area contributed by atoms with Crippen molar-refractivity contribution in [3.05, 3.63) is 108 Å². The summed E-state index contributed by atoms with van der Waals surface area (Å²) in [5, 5.41) is 10.9. The Kier molecular flexibility index (Phi) is 6.62. The summed E-state index contributed by atoms with van der Waals surface area (Å²) in [6, 6.07) is 30.0. The Morgan fingerprint density at radius 2 is 0.938 bits per heavy atom. The van der Waals surface area contributed by atoms with Gasteiger partial charge in [0.15, 0.2) is 0 Å². The van der Waals surface area contributed by atoms with Gasteiger partial charge in [-0.25, -0.2) is 0 Å². The molecule has 0 amide bonds. The van der Waals surface area contributed by atoms with E-state index in [1.54, 1.807) is 0 Å². The van der Waals surface area contributed by atoms with Gasteiger partial charge >= 0.3 is 0 Å². The number of aliphatic hydroxyl groups is 1. The number of hydrogen-bond donors (Lipinski definition) is 1. The molecule has 2 fully saturated rings. The molecule has 0 bridgehead atoms. The van der Waals surface area contributed by atoms with Gasteiger partial charge in [0.05, 0.1) is 19.8 Å². The van der Waals surface area contributed by atoms with E-state index in [-0.39, 0.29) is 18.3 Å². The van der Waals surface area contributed by atoms with Gasteiger partial charge in [0.2, 0.25) is 0 Å². The highest BCUT2D eigenvalue weighted by Crippen LogP contribution is 2.42. The minimum atomic E-state index is -0.763. The van der Waals surface area contributed by atoms with E-state index in [2.05, 4.69) is 0 Å². The smallest absolute Gasteiger partial charge is 0.116 e. The van der Waals surface area contributed by atoms with Crippen LogP contribution < -0.4 is 0 Å². The third kappa shape index (κ3) is 4.93. The van der Waals surface area contributed by atoms with E-state index in [4.69, 9.17) is 18.9 Å². The number of benzene rings is 3. The maximum atomic E-state index is 10.9. The molecule has 6 atom stereocenters. The largest absolute Gasteiger partial charge is 0.387 e. The number of epoxide rings is 1. The summed E-state index contributed by atoms with van der Waals surface area (Å²) >= 11 is 0. The van der Waals surface area contributed by atoms with Crippen LogP contribution in [0, 0.1) is 0 Å². The molecule has 166 valence electrons. The predicted molar refractivity (Wildman–Crippen MR) is 120 cm³/mol. The Hall–Kier alpha value is -2.54. The summed E-state index contributed by atoms with van der Waals surface area (Å²) in [7, 11) is 0. The van der Waals surface area contributed by atoms with Crippen molar-refractivity contribution in [1.82, 2.24) is 0 Å². The molecular weight excluding hydrogens is 404 g/mol. The van der Waals surface area contributed by atoms with E-state index >= 15 is 0 Å². The van der Waals surface area contributed by atoms with Crippen molar-refractivity contribution in [2.45, 2.75) is 56.4 Å². The lowest BCUT2D eigenvalue weighted by molar-refractivity contribution is -0.192. The second-order valence-electron chi connectivity index (χ2n) is 8.34. The van der Waals surface area contributed by atoms with Gasteiger partial charge in [-0.3, -0.25) is 0 Å². The summed E-state index contributed by atoms with van der Waals surface area (Å²) in [6.07, 6.45) is -2.57. The molecule has 5 nitrogen and oxygen atoms in total. The summed E-state index contributed by atoms with van der Waals surface area (Å²) in [4.78, 5) is 0. The summed E-state index contributed by atoms with van der Waals surface area (Å²) < 4.78 is 24.7.